The van der Waals surface area contributed by atoms with Crippen LogP contribution in [0.5, 0.6) is 0 Å². The smallest absolute Gasteiger partial charge is 0.291 e. The number of carbonyl (C=O) groups excluding carboxylic acids is 1. The SMILES string of the molecule is CCNC(=NCc1ccc(NC(=O)c2ccco2)cc1)N(C)CCc1cccs1.I. The lowest BCUT2D eigenvalue weighted by atomic mass is 10.2. The van der Waals surface area contributed by atoms with Crippen LogP contribution >= 0.6 is 35.3 Å². The normalized spacial score (nSPS) is 10.9. The fourth-order valence-electron chi connectivity index (χ4n) is 2.77. The van der Waals surface area contributed by atoms with E-state index >= 15 is 0 Å². The highest BCUT2D eigenvalue weighted by Gasteiger charge is 2.09. The standard InChI is InChI=1S/C22H26N4O2S.HI/c1-3-23-22(26(2)13-12-19-6-5-15-29-19)24-16-17-8-10-18(11-9-17)25-21(27)20-7-4-14-28-20;/h4-11,14-15H,3,12-13,16H2,1-2H3,(H,23,24)(H,25,27);1H. The summed E-state index contributed by atoms with van der Waals surface area (Å²) in [7, 11) is 2.06. The van der Waals surface area contributed by atoms with Crippen LogP contribution in [-0.2, 0) is 13.0 Å². The average molecular weight is 538 g/mol. The predicted octanol–water partition coefficient (Wildman–Crippen LogP) is 4.85. The predicted molar refractivity (Wildman–Crippen MR) is 134 cm³/mol. The molecule has 6 nitrogen and oxygen atoms in total. The van der Waals surface area contributed by atoms with Crippen molar-refractivity contribution in [2.45, 2.75) is 19.9 Å². The highest BCUT2D eigenvalue weighted by molar-refractivity contribution is 14.0. The van der Waals surface area contributed by atoms with Gasteiger partial charge in [-0.05, 0) is 54.6 Å². The van der Waals surface area contributed by atoms with Gasteiger partial charge in [0.05, 0.1) is 12.8 Å². The number of amides is 1. The first-order valence-electron chi connectivity index (χ1n) is 9.61. The zero-order valence-electron chi connectivity index (χ0n) is 17.1. The lowest BCUT2D eigenvalue weighted by Crippen LogP contribution is -2.39. The van der Waals surface area contributed by atoms with Crippen LogP contribution in [0.2, 0.25) is 0 Å². The van der Waals surface area contributed by atoms with E-state index in [0.29, 0.717) is 12.3 Å². The molecular weight excluding hydrogens is 511 g/mol. The van der Waals surface area contributed by atoms with Crippen LogP contribution in [-0.4, -0.2) is 36.9 Å². The molecule has 2 aromatic heterocycles. The third-order valence-corrected chi connectivity index (χ3v) is 5.27. The number of thiophene rings is 1. The number of anilines is 1. The summed E-state index contributed by atoms with van der Waals surface area (Å²) in [6.45, 7) is 4.36. The number of guanidine groups is 1. The summed E-state index contributed by atoms with van der Waals surface area (Å²) in [6, 6.07) is 15.3. The van der Waals surface area contributed by atoms with Crippen molar-refractivity contribution in [2.75, 3.05) is 25.5 Å². The minimum Gasteiger partial charge on any atom is -0.459 e. The molecule has 0 saturated carbocycles. The Morgan fingerprint density at radius 3 is 2.60 bits per heavy atom. The summed E-state index contributed by atoms with van der Waals surface area (Å²) >= 11 is 1.78. The van der Waals surface area contributed by atoms with E-state index in [1.807, 2.05) is 24.3 Å². The number of hydrogen-bond donors (Lipinski definition) is 2. The molecule has 0 aliphatic rings. The Morgan fingerprint density at radius 2 is 1.97 bits per heavy atom. The van der Waals surface area contributed by atoms with Gasteiger partial charge in [0, 0.05) is 30.7 Å². The third-order valence-electron chi connectivity index (χ3n) is 4.34. The van der Waals surface area contributed by atoms with Gasteiger partial charge in [0.1, 0.15) is 0 Å². The number of aliphatic imine (C=N–C) groups is 1. The van der Waals surface area contributed by atoms with Gasteiger partial charge >= 0.3 is 0 Å². The number of rotatable bonds is 8. The first-order valence-corrected chi connectivity index (χ1v) is 10.5. The first kappa shape index (κ1) is 23.9. The molecule has 2 N–H and O–H groups in total. The second kappa shape index (κ2) is 12.4. The van der Waals surface area contributed by atoms with E-state index in [1.54, 1.807) is 23.5 Å². The van der Waals surface area contributed by atoms with Gasteiger partial charge in [-0.1, -0.05) is 18.2 Å². The Kier molecular flexibility index (Phi) is 9.88. The molecule has 0 bridgehead atoms. The molecule has 8 heteroatoms. The van der Waals surface area contributed by atoms with Gasteiger partial charge in [0.2, 0.25) is 0 Å². The highest BCUT2D eigenvalue weighted by atomic mass is 127. The molecule has 3 aromatic rings. The summed E-state index contributed by atoms with van der Waals surface area (Å²) in [5.74, 6) is 0.918. The zero-order chi connectivity index (χ0) is 20.5. The quantitative estimate of drug-likeness (QED) is 0.245. The number of benzene rings is 1. The van der Waals surface area contributed by atoms with Crippen molar-refractivity contribution in [1.82, 2.24) is 10.2 Å². The highest BCUT2D eigenvalue weighted by Crippen LogP contribution is 2.13. The lowest BCUT2D eigenvalue weighted by molar-refractivity contribution is 0.0996. The maximum Gasteiger partial charge on any atom is 0.291 e. The Labute approximate surface area is 198 Å². The molecule has 30 heavy (non-hydrogen) atoms. The topological polar surface area (TPSA) is 69.9 Å². The Bertz CT molecular complexity index is 909. The molecule has 0 radical (unpaired) electrons. The number of furan rings is 1. The molecule has 0 atom stereocenters. The van der Waals surface area contributed by atoms with Crippen molar-refractivity contribution in [3.8, 4) is 0 Å². The second-order valence-electron chi connectivity index (χ2n) is 6.55. The summed E-state index contributed by atoms with van der Waals surface area (Å²) in [5, 5.41) is 8.27. The molecule has 0 saturated heterocycles. The number of halogens is 1. The zero-order valence-corrected chi connectivity index (χ0v) is 20.3. The molecule has 0 spiro atoms. The molecular formula is C22H27IN4O2S. The number of nitrogens with zero attached hydrogens (tertiary/aromatic N) is 2. The fourth-order valence-corrected chi connectivity index (χ4v) is 3.47. The van der Waals surface area contributed by atoms with Crippen LogP contribution in [0, 0.1) is 0 Å². The van der Waals surface area contributed by atoms with Crippen molar-refractivity contribution in [1.29, 1.82) is 0 Å². The van der Waals surface area contributed by atoms with Gasteiger partial charge in [-0.3, -0.25) is 4.79 Å². The average Bonchev–Trinajstić information content (AvgIpc) is 3.44. The monoisotopic (exact) mass is 538 g/mol. The van der Waals surface area contributed by atoms with E-state index < -0.39 is 0 Å². The minimum atomic E-state index is -0.262. The van der Waals surface area contributed by atoms with Crippen LogP contribution < -0.4 is 10.6 Å². The van der Waals surface area contributed by atoms with E-state index in [1.165, 1.54) is 11.1 Å². The molecule has 2 heterocycles. The van der Waals surface area contributed by atoms with Crippen LogP contribution in [0.1, 0.15) is 27.9 Å². The van der Waals surface area contributed by atoms with Crippen LogP contribution in [0.4, 0.5) is 5.69 Å². The van der Waals surface area contributed by atoms with Crippen molar-refractivity contribution in [2.24, 2.45) is 4.99 Å². The van der Waals surface area contributed by atoms with E-state index in [4.69, 9.17) is 9.41 Å². The van der Waals surface area contributed by atoms with Gasteiger partial charge in [-0.15, -0.1) is 35.3 Å². The second-order valence-corrected chi connectivity index (χ2v) is 7.58. The fraction of sp³-hybridized carbons (Fsp3) is 0.273. The summed E-state index contributed by atoms with van der Waals surface area (Å²) < 4.78 is 5.10. The van der Waals surface area contributed by atoms with Crippen molar-refractivity contribution < 1.29 is 9.21 Å². The van der Waals surface area contributed by atoms with E-state index in [9.17, 15) is 4.79 Å². The summed E-state index contributed by atoms with van der Waals surface area (Å²) in [4.78, 5) is 20.3. The van der Waals surface area contributed by atoms with E-state index in [-0.39, 0.29) is 29.9 Å². The largest absolute Gasteiger partial charge is 0.459 e. The molecule has 0 aliphatic heterocycles. The molecule has 3 rings (SSSR count). The summed E-state index contributed by atoms with van der Waals surface area (Å²) in [6.07, 6.45) is 2.48. The van der Waals surface area contributed by atoms with Gasteiger partial charge in [-0.2, -0.15) is 0 Å². The Balaban J connectivity index is 0.00000320. The van der Waals surface area contributed by atoms with Crippen molar-refractivity contribution in [3.63, 3.8) is 0 Å². The molecule has 0 fully saturated rings. The van der Waals surface area contributed by atoms with Gasteiger partial charge < -0.3 is 20.0 Å². The number of carbonyl (C=O) groups is 1. The Morgan fingerprint density at radius 1 is 1.17 bits per heavy atom. The van der Waals surface area contributed by atoms with Crippen LogP contribution in [0.25, 0.3) is 0 Å². The number of hydrogen-bond acceptors (Lipinski definition) is 4. The number of nitrogens with one attached hydrogen (secondary N) is 2. The first-order chi connectivity index (χ1) is 14.2. The number of likely N-dealkylation sites (N-methyl/N-ethyl adjacent to an activating group) is 1. The van der Waals surface area contributed by atoms with Gasteiger partial charge in [0.15, 0.2) is 11.7 Å². The van der Waals surface area contributed by atoms with Crippen LogP contribution in [0.15, 0.2) is 69.6 Å². The van der Waals surface area contributed by atoms with Crippen molar-refractivity contribution in [3.05, 3.63) is 76.4 Å². The maximum atomic E-state index is 12.0. The molecule has 160 valence electrons. The third kappa shape index (κ3) is 7.17. The van der Waals surface area contributed by atoms with Gasteiger partial charge in [0.25, 0.3) is 5.91 Å². The van der Waals surface area contributed by atoms with Crippen molar-refractivity contribution >= 4 is 52.9 Å². The lowest BCUT2D eigenvalue weighted by Gasteiger charge is -2.21. The summed E-state index contributed by atoms with van der Waals surface area (Å²) in [5.41, 5.74) is 1.79. The molecule has 1 amide bonds. The molecule has 0 unspecified atom stereocenters. The maximum absolute atomic E-state index is 12.0. The van der Waals surface area contributed by atoms with Gasteiger partial charge in [-0.25, -0.2) is 4.99 Å². The molecule has 0 aliphatic carbocycles. The van der Waals surface area contributed by atoms with E-state index in [2.05, 4.69) is 47.0 Å². The Hall–Kier alpha value is -2.33. The molecule has 1 aromatic carbocycles. The van der Waals surface area contributed by atoms with Crippen LogP contribution in [0.3, 0.4) is 0 Å². The van der Waals surface area contributed by atoms with E-state index in [0.717, 1.165) is 36.7 Å². The minimum absolute atomic E-state index is 0.